The number of alkyl halides is 1. The van der Waals surface area contributed by atoms with E-state index in [1.165, 1.54) is 4.90 Å². The van der Waals surface area contributed by atoms with Gasteiger partial charge in [-0.2, -0.15) is 4.98 Å². The Labute approximate surface area is 219 Å². The summed E-state index contributed by atoms with van der Waals surface area (Å²) in [5, 5.41) is 15.2. The lowest BCUT2D eigenvalue weighted by Gasteiger charge is -2.30. The zero-order chi connectivity index (χ0) is 26.8. The van der Waals surface area contributed by atoms with E-state index in [0.717, 1.165) is 11.3 Å². The number of rotatable bonds is 7. The average Bonchev–Trinajstić information content (AvgIpc) is 3.48. The van der Waals surface area contributed by atoms with Gasteiger partial charge in [-0.05, 0) is 61.9 Å². The molecule has 0 radical (unpaired) electrons. The minimum absolute atomic E-state index is 0.00256. The zero-order valence-corrected chi connectivity index (χ0v) is 21.2. The van der Waals surface area contributed by atoms with Gasteiger partial charge in [-0.3, -0.25) is 14.4 Å². The zero-order valence-electron chi connectivity index (χ0n) is 21.2. The number of anilines is 2. The molecule has 1 aliphatic heterocycles. The molecule has 2 aliphatic rings. The van der Waals surface area contributed by atoms with Gasteiger partial charge in [0.25, 0.3) is 6.01 Å². The minimum Gasteiger partial charge on any atom is -0.481 e. The van der Waals surface area contributed by atoms with Crippen molar-refractivity contribution in [2.24, 2.45) is 5.92 Å². The number of carboxylic acid groups (broad SMARTS) is 1. The number of fused-ring (bicyclic) bond motifs is 1. The molecule has 9 nitrogen and oxygen atoms in total. The number of oxazole rings is 1. The molecule has 1 aliphatic carbocycles. The lowest BCUT2D eigenvalue weighted by atomic mass is 9.86. The van der Waals surface area contributed by atoms with Crippen LogP contribution >= 0.6 is 0 Å². The average molecular weight is 523 g/mol. The van der Waals surface area contributed by atoms with Crippen LogP contribution in [0, 0.1) is 12.8 Å². The number of aryl methyl sites for hydroxylation is 1. The van der Waals surface area contributed by atoms with Gasteiger partial charge in [0.05, 0.1) is 18.9 Å². The van der Waals surface area contributed by atoms with E-state index in [9.17, 15) is 18.8 Å². The quantitative estimate of drug-likeness (QED) is 0.426. The summed E-state index contributed by atoms with van der Waals surface area (Å²) in [4.78, 5) is 43.1. The highest BCUT2D eigenvalue weighted by Crippen LogP contribution is 2.28. The summed E-state index contributed by atoms with van der Waals surface area (Å²) < 4.78 is 20.2. The molecule has 3 aromatic rings. The molecule has 2 atom stereocenters. The Morgan fingerprint density at radius 1 is 1.13 bits per heavy atom. The van der Waals surface area contributed by atoms with Crippen LogP contribution in [0.3, 0.4) is 0 Å². The number of carbonyl (C=O) groups excluding carboxylic acids is 2. The lowest BCUT2D eigenvalue weighted by Crippen LogP contribution is -2.50. The molecule has 2 unspecified atom stereocenters. The van der Waals surface area contributed by atoms with Crippen molar-refractivity contribution in [1.29, 1.82) is 0 Å². The van der Waals surface area contributed by atoms with Crippen LogP contribution in [0.4, 0.5) is 16.1 Å². The van der Waals surface area contributed by atoms with Crippen LogP contribution in [0.15, 0.2) is 46.9 Å². The summed E-state index contributed by atoms with van der Waals surface area (Å²) in [5.74, 6) is -1.92. The second kappa shape index (κ2) is 10.8. The van der Waals surface area contributed by atoms with E-state index in [1.54, 1.807) is 18.2 Å². The minimum atomic E-state index is -1.27. The molecular formula is C28H31FN4O5. The first-order valence-corrected chi connectivity index (χ1v) is 13.0. The number of hydrogen-bond acceptors (Lipinski definition) is 6. The van der Waals surface area contributed by atoms with Crippen molar-refractivity contribution in [2.75, 3.05) is 11.9 Å². The Kier molecular flexibility index (Phi) is 7.31. The Morgan fingerprint density at radius 2 is 1.89 bits per heavy atom. The van der Waals surface area contributed by atoms with Crippen molar-refractivity contribution >= 4 is 40.6 Å². The summed E-state index contributed by atoms with van der Waals surface area (Å²) in [6, 6.07) is 12.3. The molecule has 10 heteroatoms. The molecule has 1 aromatic heterocycles. The maximum absolute atomic E-state index is 14.4. The number of nitrogens with one attached hydrogen (secondary N) is 2. The summed E-state index contributed by atoms with van der Waals surface area (Å²) >= 11 is 0. The van der Waals surface area contributed by atoms with E-state index in [1.807, 2.05) is 31.2 Å². The van der Waals surface area contributed by atoms with Gasteiger partial charge < -0.3 is 25.1 Å². The molecule has 0 spiro atoms. The number of aromatic nitrogens is 1. The normalized spacial score (nSPS) is 23.4. The molecule has 1 saturated heterocycles. The molecule has 38 heavy (non-hydrogen) atoms. The Balaban J connectivity index is 1.22. The molecule has 2 heterocycles. The highest BCUT2D eigenvalue weighted by Gasteiger charge is 2.40. The van der Waals surface area contributed by atoms with E-state index in [-0.39, 0.29) is 43.2 Å². The van der Waals surface area contributed by atoms with Gasteiger partial charge in [-0.15, -0.1) is 0 Å². The Morgan fingerprint density at radius 3 is 2.63 bits per heavy atom. The number of aliphatic carboxylic acids is 1. The lowest BCUT2D eigenvalue weighted by molar-refractivity contribution is -0.143. The van der Waals surface area contributed by atoms with Gasteiger partial charge in [0, 0.05) is 18.2 Å². The Bertz CT molecular complexity index is 1350. The van der Waals surface area contributed by atoms with Crippen LogP contribution in [0.1, 0.15) is 43.2 Å². The van der Waals surface area contributed by atoms with Crippen LogP contribution < -0.4 is 10.6 Å². The first kappa shape index (κ1) is 25.7. The molecule has 2 amide bonds. The Hall–Kier alpha value is -3.95. The molecular weight excluding hydrogens is 491 g/mol. The summed E-state index contributed by atoms with van der Waals surface area (Å²) in [7, 11) is 0. The van der Waals surface area contributed by atoms with Crippen molar-refractivity contribution in [1.82, 2.24) is 15.2 Å². The number of carbonyl (C=O) groups is 3. The first-order chi connectivity index (χ1) is 18.3. The van der Waals surface area contributed by atoms with E-state index in [4.69, 9.17) is 9.52 Å². The number of hydrogen-bond donors (Lipinski definition) is 3. The summed E-state index contributed by atoms with van der Waals surface area (Å²) in [6.45, 7) is 1.85. The number of carboxylic acids is 1. The van der Waals surface area contributed by atoms with Gasteiger partial charge in [-0.25, -0.2) is 4.39 Å². The van der Waals surface area contributed by atoms with Gasteiger partial charge in [0.15, 0.2) is 5.58 Å². The van der Waals surface area contributed by atoms with E-state index >= 15 is 0 Å². The van der Waals surface area contributed by atoms with Crippen LogP contribution in [0.25, 0.3) is 11.1 Å². The predicted molar refractivity (Wildman–Crippen MR) is 139 cm³/mol. The van der Waals surface area contributed by atoms with E-state index in [0.29, 0.717) is 48.4 Å². The van der Waals surface area contributed by atoms with Crippen LogP contribution in [0.2, 0.25) is 0 Å². The van der Waals surface area contributed by atoms with Crippen molar-refractivity contribution in [3.05, 3.63) is 53.6 Å². The molecule has 5 rings (SSSR count). The second-order valence-corrected chi connectivity index (χ2v) is 10.2. The number of halogens is 1. The van der Waals surface area contributed by atoms with Crippen molar-refractivity contribution in [2.45, 2.75) is 63.7 Å². The van der Waals surface area contributed by atoms with E-state index in [2.05, 4.69) is 15.6 Å². The van der Waals surface area contributed by atoms with Crippen molar-refractivity contribution in [3.8, 4) is 0 Å². The van der Waals surface area contributed by atoms with Crippen molar-refractivity contribution < 1.29 is 28.3 Å². The largest absolute Gasteiger partial charge is 0.481 e. The molecule has 0 bridgehead atoms. The van der Waals surface area contributed by atoms with Gasteiger partial charge in [0.2, 0.25) is 11.8 Å². The molecule has 2 fully saturated rings. The standard InChI is InChI=1S/C28H31FN4O5/c1-16-4-2-3-5-21(16)31-28-32-22-11-6-17(12-24(22)38-28)13-25(34)33-15-19(29)14-23(33)26(35)30-20-9-7-18(8-10-20)27(36)37/h2-6,11-12,18-20,23H,7-10,13-15H2,1H3,(H,30,35)(H,31,32)(H,36,37)/t18-,19?,20+,23?. The summed E-state index contributed by atoms with van der Waals surface area (Å²) in [5.41, 5.74) is 3.75. The fourth-order valence-corrected chi connectivity index (χ4v) is 5.33. The fourth-order valence-electron chi connectivity index (χ4n) is 5.33. The second-order valence-electron chi connectivity index (χ2n) is 10.2. The fraction of sp³-hybridized carbons (Fsp3) is 0.429. The monoisotopic (exact) mass is 522 g/mol. The van der Waals surface area contributed by atoms with Gasteiger partial charge in [0.1, 0.15) is 17.7 Å². The maximum Gasteiger partial charge on any atom is 0.306 e. The third-order valence-electron chi connectivity index (χ3n) is 7.49. The molecule has 2 aromatic carbocycles. The van der Waals surface area contributed by atoms with Gasteiger partial charge in [-0.1, -0.05) is 24.3 Å². The molecule has 3 N–H and O–H groups in total. The van der Waals surface area contributed by atoms with Crippen LogP contribution in [-0.2, 0) is 20.8 Å². The topological polar surface area (TPSA) is 125 Å². The van der Waals surface area contributed by atoms with E-state index < -0.39 is 18.2 Å². The highest BCUT2D eigenvalue weighted by molar-refractivity contribution is 5.90. The number of benzene rings is 2. The van der Waals surface area contributed by atoms with Gasteiger partial charge >= 0.3 is 5.97 Å². The molecule has 200 valence electrons. The number of nitrogens with zero attached hydrogens (tertiary/aromatic N) is 2. The van der Waals surface area contributed by atoms with Crippen LogP contribution in [0.5, 0.6) is 0 Å². The number of likely N-dealkylation sites (tertiary alicyclic amines) is 1. The smallest absolute Gasteiger partial charge is 0.306 e. The number of amides is 2. The van der Waals surface area contributed by atoms with Crippen LogP contribution in [-0.4, -0.2) is 57.6 Å². The predicted octanol–water partition coefficient (Wildman–Crippen LogP) is 4.12. The summed E-state index contributed by atoms with van der Waals surface area (Å²) in [6.07, 6.45) is 0.774. The maximum atomic E-state index is 14.4. The van der Waals surface area contributed by atoms with Crippen molar-refractivity contribution in [3.63, 3.8) is 0 Å². The SMILES string of the molecule is Cc1ccccc1Nc1nc2ccc(CC(=O)N3CC(F)CC3C(=O)N[C@H]3CC[C@@H](C(=O)O)CC3)cc2o1. The first-order valence-electron chi connectivity index (χ1n) is 13.0. The third-order valence-corrected chi connectivity index (χ3v) is 7.49. The number of para-hydroxylation sites is 1. The highest BCUT2D eigenvalue weighted by atomic mass is 19.1. The molecule has 1 saturated carbocycles. The third kappa shape index (κ3) is 5.64.